The van der Waals surface area contributed by atoms with Crippen molar-refractivity contribution in [3.8, 4) is 5.75 Å². The van der Waals surface area contributed by atoms with Crippen molar-refractivity contribution in [1.29, 1.82) is 0 Å². The number of hydrogen-bond acceptors (Lipinski definition) is 4. The monoisotopic (exact) mass is 298 g/mol. The number of aromatic hydroxyl groups is 1. The molecule has 1 aliphatic heterocycles. The molecule has 1 saturated heterocycles. The van der Waals surface area contributed by atoms with Gasteiger partial charge in [0.15, 0.2) is 0 Å². The lowest BCUT2D eigenvalue weighted by molar-refractivity contribution is 0.224. The summed E-state index contributed by atoms with van der Waals surface area (Å²) in [6.45, 7) is 2.04. The lowest BCUT2D eigenvalue weighted by Gasteiger charge is -2.32. The number of phenols is 1. The van der Waals surface area contributed by atoms with Crippen molar-refractivity contribution < 1.29 is 13.5 Å². The van der Waals surface area contributed by atoms with E-state index in [1.807, 2.05) is 14.1 Å². The van der Waals surface area contributed by atoms with Crippen LogP contribution in [0.3, 0.4) is 0 Å². The first-order valence-electron chi connectivity index (χ1n) is 6.84. The molecule has 0 amide bonds. The van der Waals surface area contributed by atoms with Crippen molar-refractivity contribution in [2.75, 3.05) is 33.7 Å². The first-order chi connectivity index (χ1) is 9.41. The molecule has 2 rings (SSSR count). The molecule has 1 aromatic carbocycles. The standard InChI is InChI=1S/C14H22N2O3S/c1-15(2)11-12-7-9-16(10-8-12)20(18,19)14-6-4-3-5-13(14)17/h3-6,12,17H,7-11H2,1-2H3. The zero-order chi connectivity index (χ0) is 14.8. The van der Waals surface area contributed by atoms with Gasteiger partial charge in [-0.15, -0.1) is 0 Å². The van der Waals surface area contributed by atoms with Crippen molar-refractivity contribution in [2.24, 2.45) is 5.92 Å². The number of hydrogen-bond donors (Lipinski definition) is 1. The summed E-state index contributed by atoms with van der Waals surface area (Å²) in [5, 5.41) is 9.74. The molecular weight excluding hydrogens is 276 g/mol. The number of piperidine rings is 1. The molecule has 1 fully saturated rings. The van der Waals surface area contributed by atoms with Crippen LogP contribution in [0.2, 0.25) is 0 Å². The van der Waals surface area contributed by atoms with Crippen LogP contribution in [0.1, 0.15) is 12.8 Å². The first kappa shape index (κ1) is 15.3. The van der Waals surface area contributed by atoms with Crippen LogP contribution in [0.4, 0.5) is 0 Å². The third-order valence-corrected chi connectivity index (χ3v) is 5.63. The zero-order valence-electron chi connectivity index (χ0n) is 12.0. The van der Waals surface area contributed by atoms with Crippen molar-refractivity contribution in [3.63, 3.8) is 0 Å². The second-order valence-corrected chi connectivity index (χ2v) is 7.48. The Kier molecular flexibility index (Phi) is 4.67. The van der Waals surface area contributed by atoms with E-state index < -0.39 is 10.0 Å². The van der Waals surface area contributed by atoms with Crippen LogP contribution in [-0.4, -0.2) is 56.5 Å². The van der Waals surface area contributed by atoms with Gasteiger partial charge in [0.05, 0.1) is 0 Å². The maximum absolute atomic E-state index is 12.5. The summed E-state index contributed by atoms with van der Waals surface area (Å²) in [5.74, 6) is 0.365. The van der Waals surface area contributed by atoms with E-state index >= 15 is 0 Å². The van der Waals surface area contributed by atoms with Crippen molar-refractivity contribution >= 4 is 10.0 Å². The van der Waals surface area contributed by atoms with E-state index in [0.717, 1.165) is 19.4 Å². The molecule has 0 bridgehead atoms. The van der Waals surface area contributed by atoms with Crippen LogP contribution in [0, 0.1) is 5.92 Å². The number of nitrogens with zero attached hydrogens (tertiary/aromatic N) is 2. The molecule has 0 radical (unpaired) electrons. The van der Waals surface area contributed by atoms with Gasteiger partial charge in [-0.1, -0.05) is 12.1 Å². The molecule has 0 aromatic heterocycles. The van der Waals surface area contributed by atoms with Gasteiger partial charge in [-0.2, -0.15) is 4.31 Å². The van der Waals surface area contributed by atoms with Crippen LogP contribution in [-0.2, 0) is 10.0 Å². The predicted molar refractivity (Wildman–Crippen MR) is 78.1 cm³/mol. The Morgan fingerprint density at radius 2 is 1.85 bits per heavy atom. The summed E-state index contributed by atoms with van der Waals surface area (Å²) in [6.07, 6.45) is 1.73. The van der Waals surface area contributed by atoms with Gasteiger partial charge >= 0.3 is 0 Å². The number of sulfonamides is 1. The summed E-state index contributed by atoms with van der Waals surface area (Å²) < 4.78 is 26.5. The zero-order valence-corrected chi connectivity index (χ0v) is 12.8. The van der Waals surface area contributed by atoms with Crippen molar-refractivity contribution in [3.05, 3.63) is 24.3 Å². The average molecular weight is 298 g/mol. The van der Waals surface area contributed by atoms with E-state index in [1.54, 1.807) is 12.1 Å². The smallest absolute Gasteiger partial charge is 0.246 e. The van der Waals surface area contributed by atoms with Gasteiger partial charge in [0, 0.05) is 19.6 Å². The van der Waals surface area contributed by atoms with Crippen LogP contribution in [0.5, 0.6) is 5.75 Å². The van der Waals surface area contributed by atoms with E-state index in [4.69, 9.17) is 0 Å². The highest BCUT2D eigenvalue weighted by molar-refractivity contribution is 7.89. The molecule has 6 heteroatoms. The van der Waals surface area contributed by atoms with Gasteiger partial charge in [0.1, 0.15) is 10.6 Å². The maximum Gasteiger partial charge on any atom is 0.246 e. The number of phenolic OH excluding ortho intramolecular Hbond substituents is 1. The predicted octanol–water partition coefficient (Wildman–Crippen LogP) is 1.35. The molecular formula is C14H22N2O3S. The number of benzene rings is 1. The lowest BCUT2D eigenvalue weighted by Crippen LogP contribution is -2.40. The van der Waals surface area contributed by atoms with Gasteiger partial charge < -0.3 is 10.0 Å². The highest BCUT2D eigenvalue weighted by Crippen LogP contribution is 2.28. The van der Waals surface area contributed by atoms with Gasteiger partial charge in [0.25, 0.3) is 0 Å². The second kappa shape index (κ2) is 6.11. The molecule has 0 aliphatic carbocycles. The average Bonchev–Trinajstić information content (AvgIpc) is 2.39. The quantitative estimate of drug-likeness (QED) is 0.911. The highest BCUT2D eigenvalue weighted by Gasteiger charge is 2.30. The Bertz CT molecular complexity index is 549. The molecule has 112 valence electrons. The van der Waals surface area contributed by atoms with Gasteiger partial charge in [0.2, 0.25) is 10.0 Å². The van der Waals surface area contributed by atoms with Crippen LogP contribution < -0.4 is 0 Å². The minimum atomic E-state index is -3.57. The Balaban J connectivity index is 2.08. The molecule has 0 unspecified atom stereocenters. The van der Waals surface area contributed by atoms with E-state index in [9.17, 15) is 13.5 Å². The number of rotatable bonds is 4. The van der Waals surface area contributed by atoms with Gasteiger partial charge in [-0.3, -0.25) is 0 Å². The normalized spacial score (nSPS) is 18.6. The molecule has 1 heterocycles. The van der Waals surface area contributed by atoms with E-state index in [1.165, 1.54) is 16.4 Å². The summed E-state index contributed by atoms with van der Waals surface area (Å²) in [5.41, 5.74) is 0. The van der Waals surface area contributed by atoms with E-state index in [-0.39, 0.29) is 10.6 Å². The number of para-hydroxylation sites is 1. The van der Waals surface area contributed by atoms with Crippen LogP contribution in [0.25, 0.3) is 0 Å². The molecule has 1 aliphatic rings. The van der Waals surface area contributed by atoms with E-state index in [2.05, 4.69) is 4.90 Å². The van der Waals surface area contributed by atoms with Crippen LogP contribution >= 0.6 is 0 Å². The fourth-order valence-corrected chi connectivity index (χ4v) is 4.22. The second-order valence-electron chi connectivity index (χ2n) is 5.58. The fourth-order valence-electron chi connectivity index (χ4n) is 2.66. The minimum Gasteiger partial charge on any atom is -0.507 e. The molecule has 0 atom stereocenters. The largest absolute Gasteiger partial charge is 0.507 e. The third kappa shape index (κ3) is 3.31. The van der Waals surface area contributed by atoms with Gasteiger partial charge in [-0.05, 0) is 45.0 Å². The van der Waals surface area contributed by atoms with Crippen molar-refractivity contribution in [1.82, 2.24) is 9.21 Å². The topological polar surface area (TPSA) is 60.9 Å². The first-order valence-corrected chi connectivity index (χ1v) is 8.28. The maximum atomic E-state index is 12.5. The lowest BCUT2D eigenvalue weighted by atomic mass is 9.98. The molecule has 0 saturated carbocycles. The Morgan fingerprint density at radius 1 is 1.25 bits per heavy atom. The molecule has 5 nitrogen and oxygen atoms in total. The van der Waals surface area contributed by atoms with Crippen molar-refractivity contribution in [2.45, 2.75) is 17.7 Å². The molecule has 0 spiro atoms. The summed E-state index contributed by atoms with van der Waals surface area (Å²) in [4.78, 5) is 2.14. The minimum absolute atomic E-state index is 0.00561. The Morgan fingerprint density at radius 3 is 2.40 bits per heavy atom. The Labute approximate surface area is 120 Å². The third-order valence-electron chi connectivity index (χ3n) is 3.68. The van der Waals surface area contributed by atoms with E-state index in [0.29, 0.717) is 19.0 Å². The Hall–Kier alpha value is -1.11. The molecule has 1 aromatic rings. The molecule has 1 N–H and O–H groups in total. The molecule has 20 heavy (non-hydrogen) atoms. The van der Waals surface area contributed by atoms with Gasteiger partial charge in [-0.25, -0.2) is 8.42 Å². The SMILES string of the molecule is CN(C)CC1CCN(S(=O)(=O)c2ccccc2O)CC1. The fraction of sp³-hybridized carbons (Fsp3) is 0.571. The summed E-state index contributed by atoms with van der Waals surface area (Å²) in [7, 11) is 0.491. The highest BCUT2D eigenvalue weighted by atomic mass is 32.2. The van der Waals surface area contributed by atoms with Crippen LogP contribution in [0.15, 0.2) is 29.2 Å². The summed E-state index contributed by atoms with van der Waals surface area (Å²) >= 11 is 0. The summed E-state index contributed by atoms with van der Waals surface area (Å²) in [6, 6.07) is 6.12.